The number of aryl methyl sites for hydroxylation is 1. The van der Waals surface area contributed by atoms with Gasteiger partial charge in [-0.3, -0.25) is 9.59 Å². The van der Waals surface area contributed by atoms with E-state index < -0.39 is 0 Å². The number of H-pyrrole nitrogens is 1. The van der Waals surface area contributed by atoms with Crippen LogP contribution in [0.2, 0.25) is 0 Å². The van der Waals surface area contributed by atoms with E-state index in [4.69, 9.17) is 0 Å². The van der Waals surface area contributed by atoms with E-state index in [1.54, 1.807) is 18.9 Å². The van der Waals surface area contributed by atoms with Crippen molar-refractivity contribution in [3.05, 3.63) is 33.7 Å². The number of hydrogen-bond donors (Lipinski definition) is 1. The molecular weight excluding hydrogens is 228 g/mol. The van der Waals surface area contributed by atoms with Gasteiger partial charge >= 0.3 is 0 Å². The normalized spacial score (nSPS) is 15.9. The minimum absolute atomic E-state index is 0.178. The van der Waals surface area contributed by atoms with Gasteiger partial charge in [-0.1, -0.05) is 12.8 Å². The Balaban J connectivity index is 2.07. The number of hydrogen-bond acceptors (Lipinski definition) is 2. The van der Waals surface area contributed by atoms with E-state index in [9.17, 15) is 9.59 Å². The van der Waals surface area contributed by atoms with Crippen LogP contribution in [0.3, 0.4) is 0 Å². The summed E-state index contributed by atoms with van der Waals surface area (Å²) in [5, 5.41) is 0. The molecule has 2 rings (SSSR count). The number of aromatic amines is 1. The van der Waals surface area contributed by atoms with Crippen LogP contribution >= 0.6 is 0 Å². The van der Waals surface area contributed by atoms with Crippen LogP contribution in [0.1, 0.15) is 41.7 Å². The lowest BCUT2D eigenvalue weighted by Crippen LogP contribution is -2.34. The molecule has 4 nitrogen and oxygen atoms in total. The molecule has 1 N–H and O–H groups in total. The van der Waals surface area contributed by atoms with Gasteiger partial charge in [-0.2, -0.15) is 0 Å². The Labute approximate surface area is 107 Å². The lowest BCUT2D eigenvalue weighted by atomic mass is 10.1. The highest BCUT2D eigenvalue weighted by Crippen LogP contribution is 2.25. The third kappa shape index (κ3) is 2.81. The van der Waals surface area contributed by atoms with Gasteiger partial charge in [-0.05, 0) is 25.7 Å². The highest BCUT2D eigenvalue weighted by atomic mass is 16.2. The molecular formula is C14H20N2O2. The Kier molecular flexibility index (Phi) is 3.84. The molecule has 0 aromatic carbocycles. The van der Waals surface area contributed by atoms with E-state index in [1.165, 1.54) is 37.9 Å². The largest absolute Gasteiger partial charge is 0.364 e. The molecule has 98 valence electrons. The monoisotopic (exact) mass is 248 g/mol. The maximum absolute atomic E-state index is 12.2. The Hall–Kier alpha value is -1.58. The van der Waals surface area contributed by atoms with Gasteiger partial charge < -0.3 is 9.88 Å². The third-order valence-corrected chi connectivity index (χ3v) is 3.64. The first kappa shape index (κ1) is 12.9. The first-order valence-electron chi connectivity index (χ1n) is 6.52. The number of pyridine rings is 1. The Bertz CT molecular complexity index is 487. The number of amides is 1. The summed E-state index contributed by atoms with van der Waals surface area (Å²) >= 11 is 0. The van der Waals surface area contributed by atoms with E-state index in [2.05, 4.69) is 4.98 Å². The second-order valence-electron chi connectivity index (χ2n) is 5.23. The second-order valence-corrected chi connectivity index (χ2v) is 5.23. The van der Waals surface area contributed by atoms with Crippen molar-refractivity contribution < 1.29 is 4.79 Å². The summed E-state index contributed by atoms with van der Waals surface area (Å²) in [7, 11) is 1.78. The first-order valence-corrected chi connectivity index (χ1v) is 6.52. The van der Waals surface area contributed by atoms with Crippen LogP contribution in [0, 0.1) is 12.8 Å². The molecule has 1 heterocycles. The molecule has 1 aromatic rings. The van der Waals surface area contributed by atoms with Crippen LogP contribution in [-0.4, -0.2) is 29.4 Å². The number of rotatable bonds is 3. The van der Waals surface area contributed by atoms with Crippen molar-refractivity contribution in [3.8, 4) is 0 Å². The molecule has 0 saturated heterocycles. The van der Waals surface area contributed by atoms with Crippen molar-refractivity contribution in [1.29, 1.82) is 0 Å². The molecule has 1 saturated carbocycles. The van der Waals surface area contributed by atoms with Crippen molar-refractivity contribution in [1.82, 2.24) is 9.88 Å². The fourth-order valence-corrected chi connectivity index (χ4v) is 2.61. The summed E-state index contributed by atoms with van der Waals surface area (Å²) in [5.74, 6) is 0.423. The summed E-state index contributed by atoms with van der Waals surface area (Å²) in [5.41, 5.74) is 0.811. The lowest BCUT2D eigenvalue weighted by molar-refractivity contribution is 0.0771. The van der Waals surface area contributed by atoms with Crippen molar-refractivity contribution >= 4 is 5.91 Å². The predicted molar refractivity (Wildman–Crippen MR) is 70.7 cm³/mol. The van der Waals surface area contributed by atoms with Crippen molar-refractivity contribution in [2.24, 2.45) is 5.92 Å². The van der Waals surface area contributed by atoms with Crippen LogP contribution in [-0.2, 0) is 0 Å². The Morgan fingerprint density at radius 1 is 1.44 bits per heavy atom. The van der Waals surface area contributed by atoms with E-state index in [0.29, 0.717) is 5.92 Å². The number of carbonyl (C=O) groups excluding carboxylic acids is 1. The van der Waals surface area contributed by atoms with Crippen LogP contribution in [0.25, 0.3) is 0 Å². The standard InChI is InChI=1S/C14H20N2O2/c1-10-7-13(17)12(8-15-10)14(18)16(2)9-11-5-3-4-6-11/h7-8,11H,3-6,9H2,1-2H3,(H,15,17). The van der Waals surface area contributed by atoms with E-state index in [0.717, 1.165) is 12.2 Å². The molecule has 0 bridgehead atoms. The van der Waals surface area contributed by atoms with Gasteiger partial charge in [0.15, 0.2) is 5.43 Å². The average Bonchev–Trinajstić information content (AvgIpc) is 2.81. The zero-order valence-corrected chi connectivity index (χ0v) is 11.0. The summed E-state index contributed by atoms with van der Waals surface area (Å²) in [6.07, 6.45) is 6.44. The molecule has 1 amide bonds. The maximum Gasteiger partial charge on any atom is 0.259 e. The van der Waals surface area contributed by atoms with Crippen LogP contribution in [0.5, 0.6) is 0 Å². The minimum atomic E-state index is -0.200. The molecule has 4 heteroatoms. The van der Waals surface area contributed by atoms with Crippen molar-refractivity contribution in [3.63, 3.8) is 0 Å². The average molecular weight is 248 g/mol. The second kappa shape index (κ2) is 5.38. The predicted octanol–water partition coefficient (Wildman–Crippen LogP) is 1.95. The van der Waals surface area contributed by atoms with Crippen LogP contribution < -0.4 is 5.43 Å². The quantitative estimate of drug-likeness (QED) is 0.888. The highest BCUT2D eigenvalue weighted by Gasteiger charge is 2.21. The summed E-state index contributed by atoms with van der Waals surface area (Å²) in [6, 6.07) is 1.47. The number of nitrogens with zero attached hydrogens (tertiary/aromatic N) is 1. The number of nitrogens with one attached hydrogen (secondary N) is 1. The highest BCUT2D eigenvalue weighted by molar-refractivity contribution is 5.93. The van der Waals surface area contributed by atoms with Gasteiger partial charge in [0.2, 0.25) is 0 Å². The van der Waals surface area contributed by atoms with Crippen LogP contribution in [0.15, 0.2) is 17.1 Å². The summed E-state index contributed by atoms with van der Waals surface area (Å²) < 4.78 is 0. The molecule has 0 aliphatic heterocycles. The Morgan fingerprint density at radius 3 is 2.72 bits per heavy atom. The molecule has 1 aromatic heterocycles. The minimum Gasteiger partial charge on any atom is -0.364 e. The molecule has 0 unspecified atom stereocenters. The van der Waals surface area contributed by atoms with E-state index >= 15 is 0 Å². The molecule has 0 atom stereocenters. The smallest absolute Gasteiger partial charge is 0.259 e. The molecule has 18 heavy (non-hydrogen) atoms. The van der Waals surface area contributed by atoms with Crippen molar-refractivity contribution in [2.45, 2.75) is 32.6 Å². The zero-order valence-electron chi connectivity index (χ0n) is 11.0. The molecule has 1 aliphatic rings. The van der Waals surface area contributed by atoms with Gasteiger partial charge in [-0.15, -0.1) is 0 Å². The lowest BCUT2D eigenvalue weighted by Gasteiger charge is -2.20. The van der Waals surface area contributed by atoms with Crippen molar-refractivity contribution in [2.75, 3.05) is 13.6 Å². The van der Waals surface area contributed by atoms with Gasteiger partial charge in [0.1, 0.15) is 5.56 Å². The number of aromatic nitrogens is 1. The van der Waals surface area contributed by atoms with Gasteiger partial charge in [0, 0.05) is 31.5 Å². The molecule has 0 spiro atoms. The molecule has 1 fully saturated rings. The topological polar surface area (TPSA) is 53.2 Å². The fraction of sp³-hybridized carbons (Fsp3) is 0.571. The number of carbonyl (C=O) groups is 1. The first-order chi connectivity index (χ1) is 8.58. The van der Waals surface area contributed by atoms with Gasteiger partial charge in [0.25, 0.3) is 5.91 Å². The zero-order chi connectivity index (χ0) is 13.1. The van der Waals surface area contributed by atoms with Gasteiger partial charge in [0.05, 0.1) is 0 Å². The Morgan fingerprint density at radius 2 is 2.11 bits per heavy atom. The van der Waals surface area contributed by atoms with Gasteiger partial charge in [-0.25, -0.2) is 0 Å². The van der Waals surface area contributed by atoms with Crippen LogP contribution in [0.4, 0.5) is 0 Å². The summed E-state index contributed by atoms with van der Waals surface area (Å²) in [6.45, 7) is 2.56. The van der Waals surface area contributed by atoms with E-state index in [1.807, 2.05) is 0 Å². The van der Waals surface area contributed by atoms with E-state index in [-0.39, 0.29) is 16.9 Å². The third-order valence-electron chi connectivity index (χ3n) is 3.64. The fourth-order valence-electron chi connectivity index (χ4n) is 2.61. The molecule has 0 radical (unpaired) electrons. The summed E-state index contributed by atoms with van der Waals surface area (Å²) in [4.78, 5) is 28.5. The molecule has 1 aliphatic carbocycles. The SMILES string of the molecule is Cc1cc(=O)c(C(=O)N(C)CC2CCCC2)c[nH]1. The maximum atomic E-state index is 12.2.